The number of hydrogen-bond donors (Lipinski definition) is 1. The fourth-order valence-corrected chi connectivity index (χ4v) is 4.44. The van der Waals surface area contributed by atoms with E-state index in [1.54, 1.807) is 36.4 Å². The zero-order valence-electron chi connectivity index (χ0n) is 18.0. The number of carbonyl (C=O) groups is 3. The zero-order chi connectivity index (χ0) is 25.1. The van der Waals surface area contributed by atoms with Crippen molar-refractivity contribution >= 4 is 62.2 Å². The predicted octanol–water partition coefficient (Wildman–Crippen LogP) is 5.30. The number of thioether (sulfide) groups is 1. The fourth-order valence-electron chi connectivity index (χ4n) is 3.23. The van der Waals surface area contributed by atoms with Crippen LogP contribution in [0.3, 0.4) is 0 Å². The van der Waals surface area contributed by atoms with E-state index in [9.17, 15) is 24.5 Å². The molecule has 0 bridgehead atoms. The number of imide groups is 1. The minimum atomic E-state index is -0.617. The largest absolute Gasteiger partial charge is 0.496 e. The first-order chi connectivity index (χ1) is 16.8. The number of para-hydroxylation sites is 1. The van der Waals surface area contributed by atoms with Crippen molar-refractivity contribution < 1.29 is 28.5 Å². The second kappa shape index (κ2) is 10.2. The second-order valence-corrected chi connectivity index (χ2v) is 8.99. The van der Waals surface area contributed by atoms with Crippen LogP contribution in [0, 0.1) is 10.1 Å². The Morgan fingerprint density at radius 3 is 2.71 bits per heavy atom. The molecule has 2 aromatic carbocycles. The number of rotatable bonds is 7. The number of nitro groups is 1. The van der Waals surface area contributed by atoms with Gasteiger partial charge < -0.3 is 14.5 Å². The number of methoxy groups -OCH3 is 1. The molecule has 3 amide bonds. The molecule has 0 atom stereocenters. The van der Waals surface area contributed by atoms with Crippen molar-refractivity contribution in [3.05, 3.63) is 79.8 Å². The molecule has 0 radical (unpaired) electrons. The summed E-state index contributed by atoms with van der Waals surface area (Å²) in [6, 6.07) is 14.3. The van der Waals surface area contributed by atoms with Gasteiger partial charge in [-0.1, -0.05) is 12.1 Å². The zero-order valence-corrected chi connectivity index (χ0v) is 20.4. The van der Waals surface area contributed by atoms with Gasteiger partial charge in [-0.05, 0) is 58.0 Å². The number of amides is 3. The maximum absolute atomic E-state index is 12.8. The van der Waals surface area contributed by atoms with Crippen molar-refractivity contribution in [1.29, 1.82) is 0 Å². The van der Waals surface area contributed by atoms with E-state index < -0.39 is 28.5 Å². The number of hydrogen-bond acceptors (Lipinski definition) is 8. The first-order valence-corrected chi connectivity index (χ1v) is 11.6. The summed E-state index contributed by atoms with van der Waals surface area (Å²) < 4.78 is 11.7. The number of halogens is 1. The number of nitrogens with one attached hydrogen (secondary N) is 1. The topological polar surface area (TPSA) is 132 Å². The van der Waals surface area contributed by atoms with Gasteiger partial charge in [-0.2, -0.15) is 0 Å². The average Bonchev–Trinajstić information content (AvgIpc) is 3.40. The lowest BCUT2D eigenvalue weighted by Crippen LogP contribution is -2.36. The van der Waals surface area contributed by atoms with Crippen LogP contribution in [0.15, 0.2) is 68.4 Å². The number of nitro benzene ring substituents is 1. The first kappa shape index (κ1) is 24.2. The number of furan rings is 1. The smallest absolute Gasteiger partial charge is 0.294 e. The van der Waals surface area contributed by atoms with Crippen molar-refractivity contribution in [2.75, 3.05) is 19.0 Å². The number of ether oxygens (including phenoxy) is 1. The molecule has 10 nitrogen and oxygen atoms in total. The van der Waals surface area contributed by atoms with Gasteiger partial charge in [0.2, 0.25) is 5.91 Å². The molecule has 0 aliphatic carbocycles. The van der Waals surface area contributed by atoms with Crippen LogP contribution in [-0.2, 0) is 9.59 Å². The molecule has 0 saturated carbocycles. The third-order valence-electron chi connectivity index (χ3n) is 4.88. The molecule has 35 heavy (non-hydrogen) atoms. The lowest BCUT2D eigenvalue weighted by molar-refractivity contribution is -0.384. The van der Waals surface area contributed by atoms with Crippen LogP contribution in [0.1, 0.15) is 5.76 Å². The van der Waals surface area contributed by atoms with Crippen molar-refractivity contribution in [1.82, 2.24) is 4.90 Å². The lowest BCUT2D eigenvalue weighted by atomic mass is 10.1. The van der Waals surface area contributed by atoms with E-state index in [-0.39, 0.29) is 22.1 Å². The van der Waals surface area contributed by atoms with E-state index in [4.69, 9.17) is 9.15 Å². The van der Waals surface area contributed by atoms with Crippen molar-refractivity contribution in [3.8, 4) is 17.1 Å². The molecule has 4 rings (SSSR count). The Kier molecular flexibility index (Phi) is 7.03. The standard InChI is InChI=1S/C23H16BrN3O7S/c1-33-19-10-13(27(31)32)6-8-15(19)18-9-7-14(34-18)11-20-22(29)26(23(30)35-20)12-21(28)25-17-5-3-2-4-16(17)24/h2-11H,12H2,1H3,(H,25,28)/b20-11+. The van der Waals surface area contributed by atoms with E-state index in [2.05, 4.69) is 21.2 Å². The summed E-state index contributed by atoms with van der Waals surface area (Å²) in [5.74, 6) is -0.255. The van der Waals surface area contributed by atoms with Crippen LogP contribution in [-0.4, -0.2) is 40.5 Å². The molecule has 12 heteroatoms. The van der Waals surface area contributed by atoms with E-state index >= 15 is 0 Å². The molecule has 1 aliphatic heterocycles. The molecule has 1 saturated heterocycles. The summed E-state index contributed by atoms with van der Waals surface area (Å²) in [5, 5.41) is 13.1. The van der Waals surface area contributed by atoms with Crippen LogP contribution in [0.5, 0.6) is 5.75 Å². The molecular weight excluding hydrogens is 542 g/mol. The highest BCUT2D eigenvalue weighted by Crippen LogP contribution is 2.36. The van der Waals surface area contributed by atoms with Gasteiger partial charge in [0, 0.05) is 16.6 Å². The number of carbonyl (C=O) groups excluding carboxylic acids is 3. The van der Waals surface area contributed by atoms with E-state index in [0.717, 1.165) is 4.90 Å². The average molecular weight is 558 g/mol. The molecule has 1 N–H and O–H groups in total. The van der Waals surface area contributed by atoms with Crippen LogP contribution < -0.4 is 10.1 Å². The Hall–Kier alpha value is -3.90. The number of anilines is 1. The molecular formula is C23H16BrN3O7S. The maximum atomic E-state index is 12.8. The van der Waals surface area contributed by atoms with E-state index in [0.29, 0.717) is 33.2 Å². The van der Waals surface area contributed by atoms with Gasteiger partial charge in [-0.15, -0.1) is 0 Å². The Labute approximate surface area is 211 Å². The van der Waals surface area contributed by atoms with E-state index in [1.807, 2.05) is 0 Å². The van der Waals surface area contributed by atoms with E-state index in [1.165, 1.54) is 31.4 Å². The van der Waals surface area contributed by atoms with Crippen LogP contribution in [0.25, 0.3) is 17.4 Å². The highest BCUT2D eigenvalue weighted by Gasteiger charge is 2.36. The normalized spacial score (nSPS) is 14.5. The molecule has 0 unspecified atom stereocenters. The number of benzene rings is 2. The summed E-state index contributed by atoms with van der Waals surface area (Å²) in [4.78, 5) is 48.9. The molecule has 3 aromatic rings. The van der Waals surface area contributed by atoms with Crippen molar-refractivity contribution in [3.63, 3.8) is 0 Å². The van der Waals surface area contributed by atoms with Crippen LogP contribution >= 0.6 is 27.7 Å². The summed E-state index contributed by atoms with van der Waals surface area (Å²) in [6.45, 7) is -0.438. The summed E-state index contributed by atoms with van der Waals surface area (Å²) in [7, 11) is 1.38. The van der Waals surface area contributed by atoms with Gasteiger partial charge in [0.05, 0.1) is 34.3 Å². The Bertz CT molecular complexity index is 1380. The van der Waals surface area contributed by atoms with Gasteiger partial charge in [-0.25, -0.2) is 0 Å². The SMILES string of the molecule is COc1cc([N+](=O)[O-])ccc1-c1ccc(/C=C2/SC(=O)N(CC(=O)Nc3ccccc3Br)C2=O)o1. The number of non-ortho nitro benzene ring substituents is 1. The molecule has 2 heterocycles. The highest BCUT2D eigenvalue weighted by atomic mass is 79.9. The third kappa shape index (κ3) is 5.28. The second-order valence-electron chi connectivity index (χ2n) is 7.14. The van der Waals surface area contributed by atoms with Crippen LogP contribution in [0.4, 0.5) is 16.2 Å². The van der Waals surface area contributed by atoms with Crippen LogP contribution in [0.2, 0.25) is 0 Å². The highest BCUT2D eigenvalue weighted by molar-refractivity contribution is 9.10. The minimum Gasteiger partial charge on any atom is -0.496 e. The van der Waals surface area contributed by atoms with Gasteiger partial charge in [0.25, 0.3) is 16.8 Å². The Balaban J connectivity index is 1.49. The third-order valence-corrected chi connectivity index (χ3v) is 6.48. The summed E-state index contributed by atoms with van der Waals surface area (Å²) in [6.07, 6.45) is 1.40. The fraction of sp³-hybridized carbons (Fsp3) is 0.0870. The van der Waals surface area contributed by atoms with Crippen molar-refractivity contribution in [2.45, 2.75) is 0 Å². The molecule has 1 aromatic heterocycles. The Morgan fingerprint density at radius 2 is 2.00 bits per heavy atom. The molecule has 178 valence electrons. The Morgan fingerprint density at radius 1 is 1.23 bits per heavy atom. The number of nitrogens with zero attached hydrogens (tertiary/aromatic N) is 2. The maximum Gasteiger partial charge on any atom is 0.294 e. The van der Waals surface area contributed by atoms with Gasteiger partial charge in [-0.3, -0.25) is 29.4 Å². The molecule has 1 fully saturated rings. The minimum absolute atomic E-state index is 0.0975. The summed E-state index contributed by atoms with van der Waals surface area (Å²) >= 11 is 4.02. The van der Waals surface area contributed by atoms with Crippen molar-refractivity contribution in [2.24, 2.45) is 0 Å². The lowest BCUT2D eigenvalue weighted by Gasteiger charge is -2.13. The van der Waals surface area contributed by atoms with Gasteiger partial charge in [0.1, 0.15) is 23.8 Å². The predicted molar refractivity (Wildman–Crippen MR) is 133 cm³/mol. The monoisotopic (exact) mass is 557 g/mol. The molecule has 1 aliphatic rings. The molecule has 0 spiro atoms. The summed E-state index contributed by atoms with van der Waals surface area (Å²) in [5.41, 5.74) is 0.870. The first-order valence-electron chi connectivity index (χ1n) is 9.99. The van der Waals surface area contributed by atoms with Gasteiger partial charge >= 0.3 is 0 Å². The van der Waals surface area contributed by atoms with Gasteiger partial charge in [0.15, 0.2) is 0 Å². The quantitative estimate of drug-likeness (QED) is 0.235.